The third-order valence-electron chi connectivity index (χ3n) is 3.35. The minimum absolute atomic E-state index is 0.804. The number of fused-ring (bicyclic) bond motifs is 1. The molecule has 2 heteroatoms. The predicted octanol–water partition coefficient (Wildman–Crippen LogP) is 3.04. The summed E-state index contributed by atoms with van der Waals surface area (Å²) in [5.74, 6) is 0. The highest BCUT2D eigenvalue weighted by molar-refractivity contribution is 5.33. The minimum atomic E-state index is 0.804. The lowest BCUT2D eigenvalue weighted by atomic mass is 10.0. The Labute approximate surface area is 104 Å². The van der Waals surface area contributed by atoms with Crippen LogP contribution in [0.4, 0.5) is 0 Å². The molecule has 0 amide bonds. The number of unbranched alkanes of at least 4 members (excludes halogenated alkanes) is 2. The summed E-state index contributed by atoms with van der Waals surface area (Å²) in [7, 11) is 0. The van der Waals surface area contributed by atoms with Gasteiger partial charge in [0.15, 0.2) is 0 Å². The van der Waals surface area contributed by atoms with Crippen molar-refractivity contribution in [2.45, 2.75) is 45.8 Å². The Morgan fingerprint density at radius 2 is 2.00 bits per heavy atom. The van der Waals surface area contributed by atoms with Crippen molar-refractivity contribution in [3.05, 3.63) is 34.9 Å². The molecular weight excluding hydrogens is 210 g/mol. The molecule has 0 atom stereocenters. The third kappa shape index (κ3) is 3.83. The van der Waals surface area contributed by atoms with Crippen molar-refractivity contribution in [2.75, 3.05) is 13.1 Å². The van der Waals surface area contributed by atoms with Gasteiger partial charge in [0.25, 0.3) is 0 Å². The first-order valence-electron chi connectivity index (χ1n) is 6.79. The highest BCUT2D eigenvalue weighted by atomic mass is 16.5. The number of nitrogens with one attached hydrogen (secondary N) is 1. The first-order chi connectivity index (χ1) is 8.40. The van der Waals surface area contributed by atoms with E-state index in [1.807, 2.05) is 0 Å². The van der Waals surface area contributed by atoms with Gasteiger partial charge in [-0.2, -0.15) is 0 Å². The SMILES string of the molecule is CCNCCCCCc1ccc2c(c1)COC2. The van der Waals surface area contributed by atoms with Crippen LogP contribution < -0.4 is 5.32 Å². The van der Waals surface area contributed by atoms with E-state index in [2.05, 4.69) is 30.4 Å². The summed E-state index contributed by atoms with van der Waals surface area (Å²) < 4.78 is 5.43. The van der Waals surface area contributed by atoms with Crippen molar-refractivity contribution in [2.24, 2.45) is 0 Å². The van der Waals surface area contributed by atoms with E-state index in [9.17, 15) is 0 Å². The van der Waals surface area contributed by atoms with E-state index in [0.717, 1.165) is 26.3 Å². The van der Waals surface area contributed by atoms with E-state index < -0.39 is 0 Å². The van der Waals surface area contributed by atoms with Crippen LogP contribution in [-0.4, -0.2) is 13.1 Å². The minimum Gasteiger partial charge on any atom is -0.372 e. The molecule has 0 spiro atoms. The molecule has 1 aromatic carbocycles. The molecule has 0 unspecified atom stereocenters. The molecule has 0 aromatic heterocycles. The quantitative estimate of drug-likeness (QED) is 0.731. The molecule has 0 saturated carbocycles. The smallest absolute Gasteiger partial charge is 0.0725 e. The molecule has 0 bridgehead atoms. The van der Waals surface area contributed by atoms with E-state index >= 15 is 0 Å². The first-order valence-corrected chi connectivity index (χ1v) is 6.79. The van der Waals surface area contributed by atoms with Gasteiger partial charge in [0, 0.05) is 0 Å². The first kappa shape index (κ1) is 12.6. The molecule has 0 fully saturated rings. The Bertz CT molecular complexity index is 349. The molecule has 1 N–H and O–H groups in total. The van der Waals surface area contributed by atoms with Gasteiger partial charge in [-0.3, -0.25) is 0 Å². The zero-order valence-corrected chi connectivity index (χ0v) is 10.8. The largest absolute Gasteiger partial charge is 0.372 e. The maximum absolute atomic E-state index is 5.43. The molecule has 0 radical (unpaired) electrons. The molecule has 2 nitrogen and oxygen atoms in total. The molecule has 0 saturated heterocycles. The van der Waals surface area contributed by atoms with Gasteiger partial charge in [-0.15, -0.1) is 0 Å². The second-order valence-corrected chi connectivity index (χ2v) is 4.76. The van der Waals surface area contributed by atoms with Gasteiger partial charge in [-0.05, 0) is 49.0 Å². The average Bonchev–Trinajstić information content (AvgIpc) is 2.81. The fraction of sp³-hybridized carbons (Fsp3) is 0.600. The summed E-state index contributed by atoms with van der Waals surface area (Å²) in [5.41, 5.74) is 4.24. The fourth-order valence-electron chi connectivity index (χ4n) is 2.31. The van der Waals surface area contributed by atoms with Crippen LogP contribution in [0.3, 0.4) is 0 Å². The lowest BCUT2D eigenvalue weighted by molar-refractivity contribution is 0.134. The Kier molecular flexibility index (Phi) is 5.02. The summed E-state index contributed by atoms with van der Waals surface area (Å²) in [5, 5.41) is 3.36. The molecule has 1 aromatic rings. The van der Waals surface area contributed by atoms with Crippen molar-refractivity contribution < 1.29 is 4.74 Å². The van der Waals surface area contributed by atoms with E-state index in [-0.39, 0.29) is 0 Å². The van der Waals surface area contributed by atoms with E-state index in [0.29, 0.717) is 0 Å². The van der Waals surface area contributed by atoms with Crippen molar-refractivity contribution in [1.29, 1.82) is 0 Å². The third-order valence-corrected chi connectivity index (χ3v) is 3.35. The number of rotatable bonds is 7. The highest BCUT2D eigenvalue weighted by Crippen LogP contribution is 2.21. The number of benzene rings is 1. The molecule has 1 aliphatic heterocycles. The molecule has 94 valence electrons. The van der Waals surface area contributed by atoms with Crippen LogP contribution in [0, 0.1) is 0 Å². The van der Waals surface area contributed by atoms with Gasteiger partial charge in [-0.25, -0.2) is 0 Å². The van der Waals surface area contributed by atoms with Gasteiger partial charge in [0.2, 0.25) is 0 Å². The van der Waals surface area contributed by atoms with Gasteiger partial charge in [0.1, 0.15) is 0 Å². The van der Waals surface area contributed by atoms with Crippen LogP contribution in [0.25, 0.3) is 0 Å². The predicted molar refractivity (Wildman–Crippen MR) is 71.0 cm³/mol. The highest BCUT2D eigenvalue weighted by Gasteiger charge is 2.10. The normalized spacial score (nSPS) is 13.9. The Hall–Kier alpha value is -0.860. The van der Waals surface area contributed by atoms with E-state index in [1.165, 1.54) is 42.4 Å². The fourth-order valence-corrected chi connectivity index (χ4v) is 2.31. The zero-order valence-electron chi connectivity index (χ0n) is 10.8. The molecule has 2 rings (SSSR count). The van der Waals surface area contributed by atoms with Crippen molar-refractivity contribution in [3.8, 4) is 0 Å². The molecule has 1 aliphatic rings. The van der Waals surface area contributed by atoms with Crippen LogP contribution in [0.5, 0.6) is 0 Å². The number of hydrogen-bond acceptors (Lipinski definition) is 2. The lowest BCUT2D eigenvalue weighted by Gasteiger charge is -2.04. The summed E-state index contributed by atoms with van der Waals surface area (Å²) in [4.78, 5) is 0. The average molecular weight is 233 g/mol. The van der Waals surface area contributed by atoms with E-state index in [4.69, 9.17) is 4.74 Å². The maximum atomic E-state index is 5.43. The summed E-state index contributed by atoms with van der Waals surface area (Å²) in [6.45, 7) is 6.02. The maximum Gasteiger partial charge on any atom is 0.0725 e. The van der Waals surface area contributed by atoms with Crippen molar-refractivity contribution >= 4 is 0 Å². The van der Waals surface area contributed by atoms with Crippen LogP contribution >= 0.6 is 0 Å². The Morgan fingerprint density at radius 1 is 1.12 bits per heavy atom. The Morgan fingerprint density at radius 3 is 2.88 bits per heavy atom. The van der Waals surface area contributed by atoms with Crippen LogP contribution in [0.1, 0.15) is 42.9 Å². The van der Waals surface area contributed by atoms with Crippen molar-refractivity contribution in [3.63, 3.8) is 0 Å². The second kappa shape index (κ2) is 6.77. The second-order valence-electron chi connectivity index (χ2n) is 4.76. The van der Waals surface area contributed by atoms with Crippen LogP contribution in [0.2, 0.25) is 0 Å². The molecule has 1 heterocycles. The Balaban J connectivity index is 1.69. The number of aryl methyl sites for hydroxylation is 1. The number of ether oxygens (including phenoxy) is 1. The molecular formula is C15H23NO. The lowest BCUT2D eigenvalue weighted by Crippen LogP contribution is -2.13. The summed E-state index contributed by atoms with van der Waals surface area (Å²) in [6, 6.07) is 6.82. The summed E-state index contributed by atoms with van der Waals surface area (Å²) >= 11 is 0. The van der Waals surface area contributed by atoms with Crippen LogP contribution in [-0.2, 0) is 24.4 Å². The van der Waals surface area contributed by atoms with Gasteiger partial charge < -0.3 is 10.1 Å². The molecule has 17 heavy (non-hydrogen) atoms. The van der Waals surface area contributed by atoms with Gasteiger partial charge in [0.05, 0.1) is 13.2 Å². The van der Waals surface area contributed by atoms with Crippen molar-refractivity contribution in [1.82, 2.24) is 5.32 Å². The topological polar surface area (TPSA) is 21.3 Å². The molecule has 0 aliphatic carbocycles. The summed E-state index contributed by atoms with van der Waals surface area (Å²) in [6.07, 6.45) is 5.12. The van der Waals surface area contributed by atoms with Gasteiger partial charge >= 0.3 is 0 Å². The van der Waals surface area contributed by atoms with Crippen LogP contribution in [0.15, 0.2) is 18.2 Å². The zero-order chi connectivity index (χ0) is 11.9. The number of hydrogen-bond donors (Lipinski definition) is 1. The standard InChI is InChI=1S/C15H23NO/c1-2-16-9-5-3-4-6-13-7-8-14-11-17-12-15(14)10-13/h7-8,10,16H,2-6,9,11-12H2,1H3. The van der Waals surface area contributed by atoms with Gasteiger partial charge in [-0.1, -0.05) is 31.5 Å². The van der Waals surface area contributed by atoms with E-state index in [1.54, 1.807) is 0 Å². The monoisotopic (exact) mass is 233 g/mol.